The maximum Gasteiger partial charge on any atom is 0.322 e. The second-order valence-electron chi connectivity index (χ2n) is 3.76. The second-order valence-corrected chi connectivity index (χ2v) is 5.51. The van der Waals surface area contributed by atoms with E-state index in [1.807, 2.05) is 6.92 Å². The highest BCUT2D eigenvalue weighted by molar-refractivity contribution is 7.90. The zero-order valence-electron chi connectivity index (χ0n) is 10.4. The summed E-state index contributed by atoms with van der Waals surface area (Å²) in [7, 11) is -3.65. The highest BCUT2D eigenvalue weighted by Gasteiger charge is 2.20. The third-order valence-corrected chi connectivity index (χ3v) is 3.46. The number of ether oxygens (including phenoxy) is 1. The normalized spacial score (nSPS) is 13.4. The van der Waals surface area contributed by atoms with Crippen molar-refractivity contribution in [1.82, 2.24) is 4.72 Å². The monoisotopic (exact) mass is 266 g/mol. The second kappa shape index (κ2) is 8.43. The number of nitrogens with one attached hydrogen (secondary N) is 1. The molecule has 6 nitrogen and oxygen atoms in total. The average Bonchev–Trinajstić information content (AvgIpc) is 2.23. The minimum atomic E-state index is -3.65. The fraction of sp³-hybridized carbons (Fsp3) is 0.900. The predicted octanol–water partition coefficient (Wildman–Crippen LogP) is -0.0136. The smallest absolute Gasteiger partial charge is 0.322 e. The van der Waals surface area contributed by atoms with Crippen molar-refractivity contribution in [2.75, 3.05) is 18.9 Å². The van der Waals surface area contributed by atoms with Crippen molar-refractivity contribution in [2.45, 2.75) is 39.2 Å². The zero-order valence-corrected chi connectivity index (χ0v) is 11.3. The van der Waals surface area contributed by atoms with Crippen LogP contribution in [-0.4, -0.2) is 39.3 Å². The van der Waals surface area contributed by atoms with Crippen molar-refractivity contribution in [2.24, 2.45) is 5.73 Å². The Bertz CT molecular complexity index is 316. The third kappa shape index (κ3) is 8.12. The van der Waals surface area contributed by atoms with Crippen molar-refractivity contribution in [3.8, 4) is 0 Å². The SMILES string of the molecule is CCCCC(CN)NS(=O)(=O)CC(=O)OCC. The first-order valence-electron chi connectivity index (χ1n) is 5.80. The lowest BCUT2D eigenvalue weighted by Gasteiger charge is -2.16. The van der Waals surface area contributed by atoms with Crippen molar-refractivity contribution in [1.29, 1.82) is 0 Å². The molecule has 0 aliphatic heterocycles. The summed E-state index contributed by atoms with van der Waals surface area (Å²) in [6.07, 6.45) is 2.54. The lowest BCUT2D eigenvalue weighted by molar-refractivity contribution is -0.139. The molecule has 0 bridgehead atoms. The van der Waals surface area contributed by atoms with Gasteiger partial charge in [0.15, 0.2) is 5.75 Å². The van der Waals surface area contributed by atoms with E-state index in [0.717, 1.165) is 12.8 Å². The number of hydrogen-bond donors (Lipinski definition) is 2. The lowest BCUT2D eigenvalue weighted by atomic mass is 10.1. The topological polar surface area (TPSA) is 98.5 Å². The molecule has 0 saturated carbocycles. The van der Waals surface area contributed by atoms with E-state index < -0.39 is 21.7 Å². The van der Waals surface area contributed by atoms with Crippen LogP contribution in [-0.2, 0) is 19.6 Å². The van der Waals surface area contributed by atoms with Crippen LogP contribution in [0.2, 0.25) is 0 Å². The largest absolute Gasteiger partial charge is 0.465 e. The highest BCUT2D eigenvalue weighted by atomic mass is 32.2. The van der Waals surface area contributed by atoms with Gasteiger partial charge in [0.1, 0.15) is 0 Å². The van der Waals surface area contributed by atoms with E-state index in [1.165, 1.54) is 0 Å². The Morgan fingerprint density at radius 2 is 2.06 bits per heavy atom. The summed E-state index contributed by atoms with van der Waals surface area (Å²) in [4.78, 5) is 11.1. The summed E-state index contributed by atoms with van der Waals surface area (Å²) in [6, 6.07) is -0.311. The Balaban J connectivity index is 4.26. The molecule has 0 radical (unpaired) electrons. The molecule has 0 aromatic rings. The van der Waals surface area contributed by atoms with Crippen LogP contribution in [0.1, 0.15) is 33.1 Å². The minimum absolute atomic E-state index is 0.171. The number of esters is 1. The van der Waals surface area contributed by atoms with E-state index in [2.05, 4.69) is 9.46 Å². The Morgan fingerprint density at radius 1 is 1.41 bits per heavy atom. The van der Waals surface area contributed by atoms with Crippen LogP contribution < -0.4 is 10.5 Å². The first kappa shape index (κ1) is 16.3. The van der Waals surface area contributed by atoms with Gasteiger partial charge in [0.25, 0.3) is 0 Å². The van der Waals surface area contributed by atoms with Crippen LogP contribution in [0.15, 0.2) is 0 Å². The van der Waals surface area contributed by atoms with E-state index in [-0.39, 0.29) is 19.2 Å². The van der Waals surface area contributed by atoms with Crippen LogP contribution in [0, 0.1) is 0 Å². The standard InChI is InChI=1S/C10H22N2O4S/c1-3-5-6-9(7-11)12-17(14,15)8-10(13)16-4-2/h9,12H,3-8,11H2,1-2H3. The molecule has 0 aliphatic carbocycles. The van der Waals surface area contributed by atoms with Gasteiger partial charge in [0.05, 0.1) is 6.61 Å². The number of hydrogen-bond acceptors (Lipinski definition) is 5. The predicted molar refractivity (Wildman–Crippen MR) is 65.9 cm³/mol. The average molecular weight is 266 g/mol. The molecule has 1 atom stereocenters. The van der Waals surface area contributed by atoms with E-state index in [9.17, 15) is 13.2 Å². The first-order valence-corrected chi connectivity index (χ1v) is 7.46. The summed E-state index contributed by atoms with van der Waals surface area (Å²) in [6.45, 7) is 4.04. The minimum Gasteiger partial charge on any atom is -0.465 e. The number of sulfonamides is 1. The van der Waals surface area contributed by atoms with Gasteiger partial charge in [-0.3, -0.25) is 4.79 Å². The van der Waals surface area contributed by atoms with E-state index in [1.54, 1.807) is 6.92 Å². The molecule has 0 aromatic carbocycles. The van der Waals surface area contributed by atoms with E-state index >= 15 is 0 Å². The van der Waals surface area contributed by atoms with Gasteiger partial charge >= 0.3 is 5.97 Å². The van der Waals surface area contributed by atoms with Crippen LogP contribution in [0.5, 0.6) is 0 Å². The Morgan fingerprint density at radius 3 is 2.53 bits per heavy atom. The van der Waals surface area contributed by atoms with Gasteiger partial charge in [-0.25, -0.2) is 13.1 Å². The molecule has 0 heterocycles. The van der Waals surface area contributed by atoms with Crippen molar-refractivity contribution >= 4 is 16.0 Å². The maximum atomic E-state index is 11.6. The van der Waals surface area contributed by atoms with Gasteiger partial charge < -0.3 is 10.5 Å². The first-order chi connectivity index (χ1) is 7.95. The summed E-state index contributed by atoms with van der Waals surface area (Å²) >= 11 is 0. The third-order valence-electron chi connectivity index (χ3n) is 2.15. The molecular formula is C10H22N2O4S. The number of carbonyl (C=O) groups is 1. The molecule has 0 saturated heterocycles. The fourth-order valence-electron chi connectivity index (χ4n) is 1.33. The van der Waals surface area contributed by atoms with Crippen LogP contribution in [0.3, 0.4) is 0 Å². The van der Waals surface area contributed by atoms with Crippen LogP contribution in [0.4, 0.5) is 0 Å². The molecule has 0 spiro atoms. The molecule has 0 rings (SSSR count). The van der Waals surface area contributed by atoms with E-state index in [0.29, 0.717) is 6.42 Å². The Hall–Kier alpha value is -0.660. The zero-order chi connectivity index (χ0) is 13.3. The molecule has 102 valence electrons. The molecule has 3 N–H and O–H groups in total. The fourth-order valence-corrected chi connectivity index (χ4v) is 2.53. The Kier molecular flexibility index (Phi) is 8.11. The summed E-state index contributed by atoms with van der Waals surface area (Å²) in [5.74, 6) is -1.39. The van der Waals surface area contributed by atoms with Crippen molar-refractivity contribution in [3.63, 3.8) is 0 Å². The quantitative estimate of drug-likeness (QED) is 0.572. The molecule has 0 aromatic heterocycles. The number of rotatable bonds is 9. The van der Waals surface area contributed by atoms with Gasteiger partial charge in [-0.05, 0) is 13.3 Å². The molecule has 0 aliphatic rings. The van der Waals surface area contributed by atoms with Crippen LogP contribution in [0.25, 0.3) is 0 Å². The lowest BCUT2D eigenvalue weighted by Crippen LogP contribution is -2.42. The molecule has 17 heavy (non-hydrogen) atoms. The van der Waals surface area contributed by atoms with Crippen LogP contribution >= 0.6 is 0 Å². The van der Waals surface area contributed by atoms with Crippen molar-refractivity contribution < 1.29 is 17.9 Å². The summed E-state index contributed by atoms with van der Waals surface area (Å²) in [5, 5.41) is 0. The molecule has 7 heteroatoms. The van der Waals surface area contributed by atoms with Crippen molar-refractivity contribution in [3.05, 3.63) is 0 Å². The summed E-state index contributed by atoms with van der Waals surface area (Å²) in [5.41, 5.74) is 5.47. The highest BCUT2D eigenvalue weighted by Crippen LogP contribution is 2.01. The van der Waals surface area contributed by atoms with E-state index in [4.69, 9.17) is 5.73 Å². The number of unbranched alkanes of at least 4 members (excludes halogenated alkanes) is 1. The maximum absolute atomic E-state index is 11.6. The van der Waals surface area contributed by atoms with Gasteiger partial charge in [-0.2, -0.15) is 0 Å². The summed E-state index contributed by atoms with van der Waals surface area (Å²) < 4.78 is 30.2. The van der Waals surface area contributed by atoms with Gasteiger partial charge in [-0.1, -0.05) is 19.8 Å². The van der Waals surface area contributed by atoms with Gasteiger partial charge in [0.2, 0.25) is 10.0 Å². The number of carbonyl (C=O) groups excluding carboxylic acids is 1. The molecule has 0 fully saturated rings. The Labute approximate surface area is 103 Å². The van der Waals surface area contributed by atoms with Gasteiger partial charge in [-0.15, -0.1) is 0 Å². The van der Waals surface area contributed by atoms with Gasteiger partial charge in [0, 0.05) is 12.6 Å². The molecule has 0 amide bonds. The molecule has 1 unspecified atom stereocenters. The molecular weight excluding hydrogens is 244 g/mol. The number of nitrogens with two attached hydrogens (primary N) is 1.